The number of hydrogen-bond donors (Lipinski definition) is 3. The van der Waals surface area contributed by atoms with Gasteiger partial charge in [-0.3, -0.25) is 37.3 Å². The number of hydrogen-bond acceptors (Lipinski definition) is 15. The smallest absolute Gasteiger partial charge is 0.462 e. The third-order valence-corrected chi connectivity index (χ3v) is 20.1. The predicted molar refractivity (Wildman–Crippen MR) is 391 cm³/mol. The third-order valence-electron chi connectivity index (χ3n) is 18.2. The molecule has 0 aliphatic heterocycles. The van der Waals surface area contributed by atoms with Gasteiger partial charge < -0.3 is 33.8 Å². The monoisotopic (exact) mass is 1410 g/mol. The van der Waals surface area contributed by atoms with Gasteiger partial charge in [-0.2, -0.15) is 0 Å². The van der Waals surface area contributed by atoms with Gasteiger partial charge in [0.15, 0.2) is 12.2 Å². The van der Waals surface area contributed by atoms with Crippen molar-refractivity contribution in [3.63, 3.8) is 0 Å². The number of ether oxygens (including phenoxy) is 4. The molecule has 0 amide bonds. The summed E-state index contributed by atoms with van der Waals surface area (Å²) in [4.78, 5) is 72.8. The summed E-state index contributed by atoms with van der Waals surface area (Å²) in [6.45, 7) is 14.2. The van der Waals surface area contributed by atoms with Gasteiger partial charge in [-0.15, -0.1) is 0 Å². The average molecular weight is 1410 g/mol. The van der Waals surface area contributed by atoms with Crippen molar-refractivity contribution in [2.24, 2.45) is 23.7 Å². The fourth-order valence-corrected chi connectivity index (χ4v) is 13.3. The number of aliphatic hydroxyl groups is 1. The molecule has 0 spiro atoms. The van der Waals surface area contributed by atoms with Gasteiger partial charge in [0.2, 0.25) is 0 Å². The molecule has 0 bridgehead atoms. The molecule has 0 aromatic heterocycles. The Morgan fingerprint density at radius 3 is 0.740 bits per heavy atom. The lowest BCUT2D eigenvalue weighted by Crippen LogP contribution is -2.30. The van der Waals surface area contributed by atoms with Gasteiger partial charge in [-0.25, -0.2) is 9.13 Å². The zero-order chi connectivity index (χ0) is 71.0. The van der Waals surface area contributed by atoms with Crippen LogP contribution in [0.3, 0.4) is 0 Å². The van der Waals surface area contributed by atoms with E-state index in [0.29, 0.717) is 25.7 Å². The van der Waals surface area contributed by atoms with Crippen LogP contribution < -0.4 is 0 Å². The molecule has 0 radical (unpaired) electrons. The molecule has 0 saturated carbocycles. The Morgan fingerprint density at radius 1 is 0.292 bits per heavy atom. The Balaban J connectivity index is 5.19. The van der Waals surface area contributed by atoms with Crippen LogP contribution in [-0.4, -0.2) is 96.7 Å². The van der Waals surface area contributed by atoms with Crippen molar-refractivity contribution in [1.29, 1.82) is 0 Å². The Bertz CT molecular complexity index is 1890. The molecule has 0 saturated heterocycles. The first-order valence-corrected chi connectivity index (χ1v) is 42.7. The van der Waals surface area contributed by atoms with Gasteiger partial charge in [-0.1, -0.05) is 338 Å². The van der Waals surface area contributed by atoms with E-state index in [4.69, 9.17) is 37.0 Å². The van der Waals surface area contributed by atoms with E-state index in [1.165, 1.54) is 193 Å². The van der Waals surface area contributed by atoms with Gasteiger partial charge in [0.25, 0.3) is 0 Å². The number of unbranched alkanes of at least 4 members (excludes halogenated alkanes) is 39. The Hall–Kier alpha value is -1.94. The maximum absolute atomic E-state index is 13.1. The van der Waals surface area contributed by atoms with Crippen LogP contribution in [0.5, 0.6) is 0 Å². The van der Waals surface area contributed by atoms with E-state index < -0.39 is 97.5 Å². The number of carbonyl (C=O) groups is 4. The van der Waals surface area contributed by atoms with Crippen LogP contribution in [0.2, 0.25) is 0 Å². The van der Waals surface area contributed by atoms with Crippen molar-refractivity contribution >= 4 is 39.5 Å². The molecule has 0 aliphatic rings. The van der Waals surface area contributed by atoms with Gasteiger partial charge in [0.1, 0.15) is 19.3 Å². The lowest BCUT2D eigenvalue weighted by Gasteiger charge is -2.21. The maximum Gasteiger partial charge on any atom is 0.472 e. The molecular formula is C77H150O17P2. The first-order valence-electron chi connectivity index (χ1n) is 39.7. The fourth-order valence-electron chi connectivity index (χ4n) is 11.7. The Kier molecular flexibility index (Phi) is 65.0. The molecule has 570 valence electrons. The third kappa shape index (κ3) is 69.2. The van der Waals surface area contributed by atoms with Crippen molar-refractivity contribution in [3.8, 4) is 0 Å². The number of aliphatic hydroxyl groups excluding tert-OH is 1. The van der Waals surface area contributed by atoms with Gasteiger partial charge in [0.05, 0.1) is 26.4 Å². The highest BCUT2D eigenvalue weighted by atomic mass is 31.2. The lowest BCUT2D eigenvalue weighted by molar-refractivity contribution is -0.161. The van der Waals surface area contributed by atoms with E-state index in [9.17, 15) is 43.2 Å². The van der Waals surface area contributed by atoms with Gasteiger partial charge in [0, 0.05) is 25.7 Å². The predicted octanol–water partition coefficient (Wildman–Crippen LogP) is 22.4. The SMILES string of the molecule is CCC(C)CCCCCCCCCCCCCCCCCCCCC(=O)O[C@H](COC(=O)CCCCCCCCCCCC(C)C)COP(=O)(O)OCC(O)COP(=O)(O)OC[C@@H](COC(=O)CCCCCCCCCCC(C)C)OC(=O)CCCCCCCCCCC(C)C. The highest BCUT2D eigenvalue weighted by Gasteiger charge is 2.30. The van der Waals surface area contributed by atoms with Crippen molar-refractivity contribution in [1.82, 2.24) is 0 Å². The molecule has 0 aromatic rings. The summed E-state index contributed by atoms with van der Waals surface area (Å²) in [6, 6.07) is 0. The van der Waals surface area contributed by atoms with E-state index in [-0.39, 0.29) is 25.7 Å². The second kappa shape index (κ2) is 66.3. The summed E-state index contributed by atoms with van der Waals surface area (Å²) in [5.41, 5.74) is 0. The van der Waals surface area contributed by atoms with E-state index in [0.717, 1.165) is 114 Å². The molecule has 17 nitrogen and oxygen atoms in total. The van der Waals surface area contributed by atoms with E-state index in [1.807, 2.05) is 0 Å². The van der Waals surface area contributed by atoms with Crippen LogP contribution in [0.15, 0.2) is 0 Å². The van der Waals surface area contributed by atoms with Gasteiger partial charge >= 0.3 is 39.5 Å². The van der Waals surface area contributed by atoms with Crippen LogP contribution in [0.4, 0.5) is 0 Å². The van der Waals surface area contributed by atoms with Crippen molar-refractivity contribution in [3.05, 3.63) is 0 Å². The van der Waals surface area contributed by atoms with Crippen LogP contribution in [0, 0.1) is 23.7 Å². The van der Waals surface area contributed by atoms with E-state index in [1.54, 1.807) is 0 Å². The van der Waals surface area contributed by atoms with Crippen molar-refractivity contribution < 1.29 is 80.2 Å². The standard InChI is InChI=1S/C77H150O17P2/c1-9-70(8)56-48-40-32-22-18-16-14-12-10-11-13-15-17-19-23-35-43-51-59-76(81)93-72(63-87-74(79)57-49-41-33-24-20-21-29-37-45-53-67(2)3)65-91-95(83,84)89-61-71(78)62-90-96(85,86)92-66-73(94-77(82)60-52-44-36-28-26-31-39-47-55-69(6)7)64-88-75(80)58-50-42-34-27-25-30-38-46-54-68(4)5/h67-73,78H,9-66H2,1-8H3,(H,83,84)(H,85,86)/t70?,71?,72-,73-/m1/s1. The Morgan fingerprint density at radius 2 is 0.500 bits per heavy atom. The number of phosphoric acid groups is 2. The molecule has 0 heterocycles. The maximum atomic E-state index is 13.1. The molecule has 0 aromatic carbocycles. The average Bonchev–Trinajstić information content (AvgIpc) is 3.71. The van der Waals surface area contributed by atoms with E-state index in [2.05, 4.69) is 55.4 Å². The summed E-state index contributed by atoms with van der Waals surface area (Å²) >= 11 is 0. The molecule has 3 N–H and O–H groups in total. The Labute approximate surface area is 588 Å². The second-order valence-electron chi connectivity index (χ2n) is 29.4. The quantitative estimate of drug-likeness (QED) is 0.0222. The molecular weight excluding hydrogens is 1260 g/mol. The number of esters is 4. The van der Waals surface area contributed by atoms with Crippen molar-refractivity contribution in [2.75, 3.05) is 39.6 Å². The summed E-state index contributed by atoms with van der Waals surface area (Å²) in [5, 5.41) is 10.6. The highest BCUT2D eigenvalue weighted by Crippen LogP contribution is 2.45. The summed E-state index contributed by atoms with van der Waals surface area (Å²) in [6.07, 6.45) is 51.5. The first-order chi connectivity index (χ1) is 46.1. The fraction of sp³-hybridized carbons (Fsp3) is 0.948. The zero-order valence-corrected chi connectivity index (χ0v) is 64.8. The van der Waals surface area contributed by atoms with Crippen molar-refractivity contribution in [2.45, 2.75) is 408 Å². The minimum Gasteiger partial charge on any atom is -0.462 e. The van der Waals surface area contributed by atoms with Crippen LogP contribution in [0.25, 0.3) is 0 Å². The molecule has 6 atom stereocenters. The lowest BCUT2D eigenvalue weighted by atomic mass is 9.99. The molecule has 0 fully saturated rings. The molecule has 19 heteroatoms. The van der Waals surface area contributed by atoms with E-state index >= 15 is 0 Å². The molecule has 4 unspecified atom stereocenters. The number of phosphoric ester groups is 2. The number of carbonyl (C=O) groups excluding carboxylic acids is 4. The topological polar surface area (TPSA) is 237 Å². The largest absolute Gasteiger partial charge is 0.472 e. The summed E-state index contributed by atoms with van der Waals surface area (Å²) in [7, 11) is -9.91. The summed E-state index contributed by atoms with van der Waals surface area (Å²) < 4.78 is 68.5. The van der Waals surface area contributed by atoms with Gasteiger partial charge in [-0.05, 0) is 49.4 Å². The van der Waals surface area contributed by atoms with Crippen LogP contribution >= 0.6 is 15.6 Å². The molecule has 0 aliphatic carbocycles. The highest BCUT2D eigenvalue weighted by molar-refractivity contribution is 7.47. The zero-order valence-electron chi connectivity index (χ0n) is 63.0. The second-order valence-corrected chi connectivity index (χ2v) is 32.3. The summed E-state index contributed by atoms with van der Waals surface area (Å²) in [5.74, 6) is 0.936. The van der Waals surface area contributed by atoms with Crippen LogP contribution in [0.1, 0.15) is 389 Å². The molecule has 96 heavy (non-hydrogen) atoms. The normalized spacial score (nSPS) is 14.4. The number of rotatable bonds is 74. The first kappa shape index (κ1) is 94.1. The minimum atomic E-state index is -4.96. The van der Waals surface area contributed by atoms with Crippen LogP contribution in [-0.2, 0) is 65.4 Å². The molecule has 0 rings (SSSR count). The minimum absolute atomic E-state index is 0.104.